The number of rotatable bonds is 8. The van der Waals surface area contributed by atoms with E-state index in [0.717, 1.165) is 29.5 Å². The van der Waals surface area contributed by atoms with E-state index in [4.69, 9.17) is 4.74 Å². The molecule has 0 saturated heterocycles. The van der Waals surface area contributed by atoms with Crippen molar-refractivity contribution in [1.29, 1.82) is 0 Å². The Morgan fingerprint density at radius 1 is 1.07 bits per heavy atom. The average molecular weight is 396 g/mol. The van der Waals surface area contributed by atoms with Crippen LogP contribution in [0.25, 0.3) is 0 Å². The van der Waals surface area contributed by atoms with Crippen molar-refractivity contribution in [3.05, 3.63) is 64.7 Å². The average Bonchev–Trinajstić information content (AvgIpc) is 3.51. The Labute approximate surface area is 172 Å². The normalized spacial score (nSPS) is 13.2. The van der Waals surface area contributed by atoms with E-state index in [0.29, 0.717) is 30.4 Å². The number of carbonyl (C=O) groups is 2. The summed E-state index contributed by atoms with van der Waals surface area (Å²) in [5.41, 5.74) is 4.19. The van der Waals surface area contributed by atoms with Gasteiger partial charge in [0, 0.05) is 23.8 Å². The van der Waals surface area contributed by atoms with Crippen molar-refractivity contribution in [2.45, 2.75) is 58.9 Å². The van der Waals surface area contributed by atoms with Crippen LogP contribution in [0, 0.1) is 6.92 Å². The van der Waals surface area contributed by atoms with E-state index in [9.17, 15) is 9.59 Å². The molecular formula is C23H29N3O3. The first kappa shape index (κ1) is 20.9. The lowest BCUT2D eigenvalue weighted by Gasteiger charge is -2.12. The highest BCUT2D eigenvalue weighted by atomic mass is 16.5. The highest BCUT2D eigenvalue weighted by molar-refractivity contribution is 5.97. The predicted molar refractivity (Wildman–Crippen MR) is 114 cm³/mol. The fraction of sp³-hybridized carbons (Fsp3) is 0.391. The Hall–Kier alpha value is -2.86. The van der Waals surface area contributed by atoms with Gasteiger partial charge in [0.25, 0.3) is 5.91 Å². The first-order valence-corrected chi connectivity index (χ1v) is 10.1. The summed E-state index contributed by atoms with van der Waals surface area (Å²) in [5, 5.41) is 8.65. The van der Waals surface area contributed by atoms with Crippen LogP contribution in [0.2, 0.25) is 0 Å². The minimum absolute atomic E-state index is 0.0995. The van der Waals surface area contributed by atoms with Gasteiger partial charge in [-0.2, -0.15) is 0 Å². The van der Waals surface area contributed by atoms with Crippen molar-refractivity contribution in [2.24, 2.45) is 0 Å². The van der Waals surface area contributed by atoms with Gasteiger partial charge in [0.1, 0.15) is 0 Å². The molecule has 2 aromatic rings. The van der Waals surface area contributed by atoms with E-state index in [1.165, 1.54) is 0 Å². The standard InChI is InChI=1S/C23H29N3O3/c1-15(2)29-14-18-7-5-17(6-8-18)13-24-23(28)26-21-12-19(9-4-16(21)3)22(27)25-20-10-11-20/h4-9,12,15,20H,10-11,13-14H2,1-3H3,(H,25,27)(H2,24,26,28). The van der Waals surface area contributed by atoms with Crippen molar-refractivity contribution >= 4 is 17.6 Å². The van der Waals surface area contributed by atoms with Crippen LogP contribution < -0.4 is 16.0 Å². The van der Waals surface area contributed by atoms with Gasteiger partial charge in [0.15, 0.2) is 0 Å². The first-order valence-electron chi connectivity index (χ1n) is 10.1. The van der Waals surface area contributed by atoms with Crippen molar-refractivity contribution in [1.82, 2.24) is 10.6 Å². The highest BCUT2D eigenvalue weighted by Gasteiger charge is 2.24. The lowest BCUT2D eigenvalue weighted by atomic mass is 10.1. The maximum Gasteiger partial charge on any atom is 0.319 e. The van der Waals surface area contributed by atoms with E-state index in [-0.39, 0.29) is 18.0 Å². The summed E-state index contributed by atoms with van der Waals surface area (Å²) in [6.07, 6.45) is 2.27. The zero-order valence-electron chi connectivity index (χ0n) is 17.2. The fourth-order valence-electron chi connectivity index (χ4n) is 2.76. The molecule has 0 unspecified atom stereocenters. The van der Waals surface area contributed by atoms with E-state index in [1.807, 2.05) is 51.1 Å². The number of carbonyl (C=O) groups excluding carboxylic acids is 2. The van der Waals surface area contributed by atoms with Gasteiger partial charge < -0.3 is 20.7 Å². The number of ether oxygens (including phenoxy) is 1. The molecular weight excluding hydrogens is 366 g/mol. The number of aryl methyl sites for hydroxylation is 1. The number of urea groups is 1. The number of hydrogen-bond donors (Lipinski definition) is 3. The SMILES string of the molecule is Cc1ccc(C(=O)NC2CC2)cc1NC(=O)NCc1ccc(COC(C)C)cc1. The second-order valence-electron chi connectivity index (χ2n) is 7.76. The number of nitrogens with one attached hydrogen (secondary N) is 3. The molecule has 3 amide bonds. The van der Waals surface area contributed by atoms with Crippen molar-refractivity contribution in [3.63, 3.8) is 0 Å². The van der Waals surface area contributed by atoms with Gasteiger partial charge in [-0.3, -0.25) is 4.79 Å². The number of benzene rings is 2. The molecule has 0 heterocycles. The smallest absolute Gasteiger partial charge is 0.319 e. The van der Waals surface area contributed by atoms with Crippen LogP contribution in [-0.2, 0) is 17.9 Å². The van der Waals surface area contributed by atoms with Gasteiger partial charge in [-0.05, 0) is 62.4 Å². The first-order chi connectivity index (χ1) is 13.9. The summed E-state index contributed by atoms with van der Waals surface area (Å²) in [6, 6.07) is 13.3. The lowest BCUT2D eigenvalue weighted by Crippen LogP contribution is -2.29. The molecule has 0 aromatic heterocycles. The second-order valence-corrected chi connectivity index (χ2v) is 7.76. The molecule has 1 aliphatic rings. The molecule has 1 fully saturated rings. The summed E-state index contributed by atoms with van der Waals surface area (Å²) in [6.45, 7) is 6.91. The third kappa shape index (κ3) is 6.61. The van der Waals surface area contributed by atoms with E-state index in [1.54, 1.807) is 12.1 Å². The number of anilines is 1. The Kier molecular flexibility index (Phi) is 6.88. The van der Waals surface area contributed by atoms with Gasteiger partial charge in [-0.1, -0.05) is 30.3 Å². The molecule has 6 heteroatoms. The molecule has 154 valence electrons. The second kappa shape index (κ2) is 9.56. The summed E-state index contributed by atoms with van der Waals surface area (Å²) in [7, 11) is 0. The molecule has 6 nitrogen and oxygen atoms in total. The molecule has 2 aromatic carbocycles. The lowest BCUT2D eigenvalue weighted by molar-refractivity contribution is 0.0657. The van der Waals surface area contributed by atoms with Gasteiger partial charge in [-0.25, -0.2) is 4.79 Å². The third-order valence-corrected chi connectivity index (χ3v) is 4.72. The topological polar surface area (TPSA) is 79.5 Å². The largest absolute Gasteiger partial charge is 0.374 e. The van der Waals surface area contributed by atoms with Crippen LogP contribution in [0.3, 0.4) is 0 Å². The van der Waals surface area contributed by atoms with Gasteiger partial charge in [-0.15, -0.1) is 0 Å². The van der Waals surface area contributed by atoms with Crippen molar-refractivity contribution in [3.8, 4) is 0 Å². The molecule has 3 N–H and O–H groups in total. The fourth-order valence-corrected chi connectivity index (χ4v) is 2.76. The number of amides is 3. The number of hydrogen-bond acceptors (Lipinski definition) is 3. The molecule has 0 spiro atoms. The van der Waals surface area contributed by atoms with Crippen LogP contribution in [0.1, 0.15) is 53.7 Å². The zero-order valence-corrected chi connectivity index (χ0v) is 17.2. The van der Waals surface area contributed by atoms with Crippen LogP contribution in [0.4, 0.5) is 10.5 Å². The van der Waals surface area contributed by atoms with Crippen LogP contribution in [0.5, 0.6) is 0 Å². The predicted octanol–water partition coefficient (Wildman–Crippen LogP) is 4.13. The van der Waals surface area contributed by atoms with Crippen molar-refractivity contribution < 1.29 is 14.3 Å². The van der Waals surface area contributed by atoms with Crippen LogP contribution in [0.15, 0.2) is 42.5 Å². The molecule has 1 saturated carbocycles. The van der Waals surface area contributed by atoms with Crippen molar-refractivity contribution in [2.75, 3.05) is 5.32 Å². The quantitative estimate of drug-likeness (QED) is 0.629. The maximum absolute atomic E-state index is 12.3. The minimum Gasteiger partial charge on any atom is -0.374 e. The minimum atomic E-state index is -0.305. The molecule has 1 aliphatic carbocycles. The summed E-state index contributed by atoms with van der Waals surface area (Å²) in [5.74, 6) is -0.0995. The van der Waals surface area contributed by atoms with Gasteiger partial charge in [0.05, 0.1) is 12.7 Å². The molecule has 0 radical (unpaired) electrons. The Morgan fingerprint density at radius 3 is 2.41 bits per heavy atom. The monoisotopic (exact) mass is 395 g/mol. The highest BCUT2D eigenvalue weighted by Crippen LogP contribution is 2.21. The van der Waals surface area contributed by atoms with E-state index in [2.05, 4.69) is 16.0 Å². The Morgan fingerprint density at radius 2 is 1.76 bits per heavy atom. The summed E-state index contributed by atoms with van der Waals surface area (Å²) < 4.78 is 5.59. The summed E-state index contributed by atoms with van der Waals surface area (Å²) in [4.78, 5) is 24.5. The Bertz CT molecular complexity index is 858. The summed E-state index contributed by atoms with van der Waals surface area (Å²) >= 11 is 0. The third-order valence-electron chi connectivity index (χ3n) is 4.72. The maximum atomic E-state index is 12.3. The van der Waals surface area contributed by atoms with Gasteiger partial charge in [0.2, 0.25) is 0 Å². The van der Waals surface area contributed by atoms with Crippen LogP contribution >= 0.6 is 0 Å². The molecule has 0 aliphatic heterocycles. The molecule has 0 atom stereocenters. The molecule has 29 heavy (non-hydrogen) atoms. The van der Waals surface area contributed by atoms with Crippen LogP contribution in [-0.4, -0.2) is 24.1 Å². The molecule has 3 rings (SSSR count). The zero-order chi connectivity index (χ0) is 20.8. The van der Waals surface area contributed by atoms with E-state index < -0.39 is 0 Å². The van der Waals surface area contributed by atoms with Gasteiger partial charge >= 0.3 is 6.03 Å². The Balaban J connectivity index is 1.51. The molecule has 0 bridgehead atoms. The van der Waals surface area contributed by atoms with E-state index >= 15 is 0 Å².